The molecular weight excluding hydrogens is 1150 g/mol. The van der Waals surface area contributed by atoms with Crippen molar-refractivity contribution in [1.29, 1.82) is 0 Å². The number of aryl methyl sites for hydroxylation is 1. The molecule has 2 unspecified atom stereocenters. The summed E-state index contributed by atoms with van der Waals surface area (Å²) in [6.07, 6.45) is -3.03. The Hall–Kier alpha value is -7.54. The minimum absolute atomic E-state index is 0.0500. The number of hydrogen-bond acceptors (Lipinski definition) is 13. The smallest absolute Gasteiger partial charge is 0.391 e. The highest BCUT2D eigenvalue weighted by Crippen LogP contribution is 2.41. The van der Waals surface area contributed by atoms with Gasteiger partial charge in [0.05, 0.1) is 57.1 Å². The molecule has 1 aliphatic carbocycles. The number of amides is 6. The first-order chi connectivity index (χ1) is 41.3. The highest BCUT2D eigenvalue weighted by Gasteiger charge is 2.53. The Labute approximate surface area is 507 Å². The number of carbonyl (C=O) groups excluding carboxylic acids is 6. The second kappa shape index (κ2) is 27.2. The molecule has 0 radical (unpaired) electrons. The first-order valence-corrected chi connectivity index (χ1v) is 30.6. The van der Waals surface area contributed by atoms with Gasteiger partial charge < -0.3 is 51.0 Å². The van der Waals surface area contributed by atoms with Crippen LogP contribution >= 0.6 is 11.3 Å². The number of aromatic nitrogens is 2. The van der Waals surface area contributed by atoms with Gasteiger partial charge in [0.25, 0.3) is 11.8 Å². The van der Waals surface area contributed by atoms with Gasteiger partial charge in [-0.15, -0.1) is 11.3 Å². The van der Waals surface area contributed by atoms with Gasteiger partial charge in [0.15, 0.2) is 5.67 Å². The summed E-state index contributed by atoms with van der Waals surface area (Å²) in [6, 6.07) is 18.2. The van der Waals surface area contributed by atoms with Crippen LogP contribution in [0.5, 0.6) is 0 Å². The number of halogens is 4. The van der Waals surface area contributed by atoms with E-state index in [4.69, 9.17) is 0 Å². The van der Waals surface area contributed by atoms with Crippen molar-refractivity contribution in [3.05, 3.63) is 123 Å². The first kappa shape index (κ1) is 63.9. The molecule has 87 heavy (non-hydrogen) atoms. The third kappa shape index (κ3) is 16.2. The summed E-state index contributed by atoms with van der Waals surface area (Å²) in [5, 5.41) is 22.1. The average molecular weight is 1220 g/mol. The third-order valence-electron chi connectivity index (χ3n) is 16.7. The Balaban J connectivity index is 0.753. The maximum Gasteiger partial charge on any atom is 0.417 e. The van der Waals surface area contributed by atoms with E-state index < -0.39 is 81.8 Å². The number of likely N-dealkylation sites (N-methyl/N-ethyl adjacent to an activating group) is 1. The number of carbonyl (C=O) groups is 6. The molecule has 5 heterocycles. The lowest BCUT2D eigenvalue weighted by molar-refractivity contribution is -0.145. The monoisotopic (exact) mass is 1220 g/mol. The number of aliphatic hydroxyl groups excluding tert-OH is 1. The molecule has 3 saturated heterocycles. The molecule has 466 valence electrons. The van der Waals surface area contributed by atoms with Gasteiger partial charge >= 0.3 is 6.18 Å². The SMILES string of the molecule is Cc1ncsc1-c1ccc(C(CC(=O)NCCCCCC(=O)N2CCN(Cc3cccc(-c4ccc(N5CCN(C)CC5)c(NC(=O)c5c[nH]c(=O)cc5C(F)(F)F)c4)c3)CC2)NC(=O)[C@@H]2C[C@@H](O)CN2C(=O)C(NC(=O)C2(F)CC2)C(C)(C)C)cc1. The number of aliphatic hydroxyl groups is 1. The van der Waals surface area contributed by atoms with E-state index in [2.05, 4.69) is 45.9 Å². The zero-order chi connectivity index (χ0) is 62.4. The Morgan fingerprint density at radius 3 is 2.22 bits per heavy atom. The average Bonchev–Trinajstić information content (AvgIpc) is 2.23. The van der Waals surface area contributed by atoms with Gasteiger partial charge in [-0.3, -0.25) is 38.5 Å². The van der Waals surface area contributed by atoms with Gasteiger partial charge in [0.2, 0.25) is 29.2 Å². The van der Waals surface area contributed by atoms with E-state index in [1.54, 1.807) is 32.3 Å². The molecule has 2 aromatic heterocycles. The van der Waals surface area contributed by atoms with Gasteiger partial charge in [0, 0.05) is 97.1 Å². The fraction of sp³-hybridized carbons (Fsp3) is 0.492. The van der Waals surface area contributed by atoms with E-state index in [1.165, 1.54) is 16.2 Å². The fourth-order valence-corrected chi connectivity index (χ4v) is 12.2. The minimum Gasteiger partial charge on any atom is -0.391 e. The number of alkyl halides is 4. The minimum atomic E-state index is -4.93. The molecule has 4 fully saturated rings. The number of anilines is 2. The van der Waals surface area contributed by atoms with Gasteiger partial charge in [-0.2, -0.15) is 13.2 Å². The summed E-state index contributed by atoms with van der Waals surface area (Å²) in [4.78, 5) is 111. The van der Waals surface area contributed by atoms with Crippen LogP contribution in [0.2, 0.25) is 0 Å². The third-order valence-corrected chi connectivity index (χ3v) is 17.7. The van der Waals surface area contributed by atoms with Crippen molar-refractivity contribution in [2.45, 2.75) is 122 Å². The predicted octanol–water partition coefficient (Wildman–Crippen LogP) is 7.06. The van der Waals surface area contributed by atoms with Crippen LogP contribution in [-0.4, -0.2) is 166 Å². The van der Waals surface area contributed by atoms with Crippen LogP contribution in [-0.2, 0) is 36.7 Å². The molecule has 3 aromatic carbocycles. The molecular formula is C63H77F4N11O8S. The molecule has 5 aromatic rings. The lowest BCUT2D eigenvalue weighted by Crippen LogP contribution is -2.59. The van der Waals surface area contributed by atoms with Crippen molar-refractivity contribution < 1.29 is 51.4 Å². The molecule has 9 rings (SSSR count). The molecule has 4 aliphatic rings. The summed E-state index contributed by atoms with van der Waals surface area (Å²) in [6.45, 7) is 13.1. The van der Waals surface area contributed by atoms with E-state index in [0.717, 1.165) is 52.1 Å². The Kier molecular flexibility index (Phi) is 20.0. The number of H-pyrrole nitrogens is 1. The van der Waals surface area contributed by atoms with Crippen LogP contribution in [0.25, 0.3) is 21.6 Å². The second-order valence-electron chi connectivity index (χ2n) is 24.4. The number of benzene rings is 3. The number of β-amino-alcohol motifs (C(OH)–C–C–N with tert-alkyl or cyclic N) is 1. The van der Waals surface area contributed by atoms with E-state index >= 15 is 0 Å². The normalized spacial score (nSPS) is 18.9. The Morgan fingerprint density at radius 2 is 1.55 bits per heavy atom. The van der Waals surface area contributed by atoms with Crippen molar-refractivity contribution in [3.8, 4) is 21.6 Å². The van der Waals surface area contributed by atoms with Crippen molar-refractivity contribution in [2.24, 2.45) is 5.41 Å². The van der Waals surface area contributed by atoms with Crippen molar-refractivity contribution >= 4 is 58.2 Å². The molecule has 3 aliphatic heterocycles. The molecule has 4 atom stereocenters. The zero-order valence-corrected chi connectivity index (χ0v) is 50.6. The van der Waals surface area contributed by atoms with E-state index in [0.29, 0.717) is 101 Å². The predicted molar refractivity (Wildman–Crippen MR) is 323 cm³/mol. The van der Waals surface area contributed by atoms with Crippen LogP contribution < -0.4 is 31.7 Å². The zero-order valence-electron chi connectivity index (χ0n) is 49.7. The quantitative estimate of drug-likeness (QED) is 0.0320. The first-order valence-electron chi connectivity index (χ1n) is 29.7. The van der Waals surface area contributed by atoms with Crippen molar-refractivity contribution in [2.75, 3.05) is 82.7 Å². The lowest BCUT2D eigenvalue weighted by Gasteiger charge is -2.36. The molecule has 19 nitrogen and oxygen atoms in total. The highest BCUT2D eigenvalue weighted by molar-refractivity contribution is 7.13. The highest BCUT2D eigenvalue weighted by atomic mass is 32.1. The van der Waals surface area contributed by atoms with Gasteiger partial charge in [-0.1, -0.05) is 75.7 Å². The van der Waals surface area contributed by atoms with Gasteiger partial charge in [-0.05, 0) is 91.1 Å². The number of piperazine rings is 2. The van der Waals surface area contributed by atoms with E-state index in [-0.39, 0.29) is 44.0 Å². The number of pyridine rings is 1. The molecule has 0 bridgehead atoms. The van der Waals surface area contributed by atoms with E-state index in [1.807, 2.05) is 79.5 Å². The van der Waals surface area contributed by atoms with Crippen LogP contribution in [0.1, 0.15) is 111 Å². The number of unbranched alkanes of at least 4 members (excludes halogenated alkanes) is 2. The summed E-state index contributed by atoms with van der Waals surface area (Å²) in [5.41, 5.74) is 1.87. The molecule has 24 heteroatoms. The van der Waals surface area contributed by atoms with Gasteiger partial charge in [-0.25, -0.2) is 9.37 Å². The van der Waals surface area contributed by atoms with Crippen LogP contribution in [0.3, 0.4) is 0 Å². The van der Waals surface area contributed by atoms with Crippen molar-refractivity contribution in [3.63, 3.8) is 0 Å². The maximum atomic E-state index is 14.8. The second-order valence-corrected chi connectivity index (χ2v) is 25.3. The number of hydrogen-bond donors (Lipinski definition) is 6. The van der Waals surface area contributed by atoms with E-state index in [9.17, 15) is 56.2 Å². The Morgan fingerprint density at radius 1 is 0.851 bits per heavy atom. The fourth-order valence-electron chi connectivity index (χ4n) is 11.4. The van der Waals surface area contributed by atoms with Crippen LogP contribution in [0.15, 0.2) is 89.3 Å². The van der Waals surface area contributed by atoms with Gasteiger partial charge in [0.1, 0.15) is 12.1 Å². The molecule has 6 amide bonds. The van der Waals surface area contributed by atoms with Crippen molar-refractivity contribution in [1.82, 2.24) is 45.5 Å². The summed E-state index contributed by atoms with van der Waals surface area (Å²) in [7, 11) is 2.01. The topological polar surface area (TPSA) is 233 Å². The molecule has 6 N–H and O–H groups in total. The largest absolute Gasteiger partial charge is 0.417 e. The standard InChI is InChI=1S/C63H77F4N11O8S/c1-39-55(87-38-70-39)42-15-13-41(14-16-42)48(71-58(84)51-32-45(79)37-78(51)59(85)56(61(2,3)4)73-60(86)62(64)19-20-62)34-53(81)68-21-8-6-7-12-54(82)77-28-24-75(25-29-77)36-40-10-9-11-43(30-40)44-17-18-50(76-26-22-74(5)23-27-76)49(31-44)72-57(83)46-35-69-52(80)33-47(46)63(65,66)67/h9-11,13-18,30-31,33,35,38,45,48,51,56,79H,6-8,12,19-29,32,34,36-37H2,1-5H3,(H,68,81)(H,69,80)(H,71,84)(H,72,83)(H,73,86)/t45-,48?,51+,56?/m1/s1. The molecule has 1 saturated carbocycles. The maximum absolute atomic E-state index is 14.8. The summed E-state index contributed by atoms with van der Waals surface area (Å²) >= 11 is 1.49. The number of thiazole rings is 1. The summed E-state index contributed by atoms with van der Waals surface area (Å²) < 4.78 is 56.8. The molecule has 0 spiro atoms. The summed E-state index contributed by atoms with van der Waals surface area (Å²) in [5.74, 6) is -3.38. The lowest BCUT2D eigenvalue weighted by atomic mass is 9.85. The number of likely N-dealkylation sites (tertiary alicyclic amines) is 1. The number of rotatable bonds is 21. The number of nitrogens with zero attached hydrogens (tertiary/aromatic N) is 6. The number of aromatic amines is 1. The van der Waals surface area contributed by atoms with Crippen LogP contribution in [0.4, 0.5) is 28.9 Å². The Bertz CT molecular complexity index is 3370. The van der Waals surface area contributed by atoms with Crippen LogP contribution in [0, 0.1) is 12.3 Å². The number of nitrogens with one attached hydrogen (secondary N) is 5.